The number of carbonyl (C=O) groups is 2. The third-order valence-corrected chi connectivity index (χ3v) is 4.53. The lowest BCUT2D eigenvalue weighted by atomic mass is 9.72. The molecule has 1 atom stereocenters. The van der Waals surface area contributed by atoms with E-state index in [9.17, 15) is 9.59 Å². The Morgan fingerprint density at radius 1 is 1.32 bits per heavy atom. The molecule has 2 aliphatic heterocycles. The molecule has 1 unspecified atom stereocenters. The molecule has 0 bridgehead atoms. The summed E-state index contributed by atoms with van der Waals surface area (Å²) in [6.45, 7) is 0.166. The van der Waals surface area contributed by atoms with Crippen molar-refractivity contribution in [2.24, 2.45) is 5.41 Å². The zero-order valence-corrected chi connectivity index (χ0v) is 10.9. The summed E-state index contributed by atoms with van der Waals surface area (Å²) in [6.07, 6.45) is 12.9. The number of amides is 1. The van der Waals surface area contributed by atoms with E-state index in [4.69, 9.17) is 11.2 Å². The first kappa shape index (κ1) is 12.3. The average Bonchev–Trinajstić information content (AvgIpc) is 2.94. The van der Waals surface area contributed by atoms with E-state index in [2.05, 4.69) is 5.92 Å². The van der Waals surface area contributed by atoms with Crippen molar-refractivity contribution in [3.8, 4) is 12.3 Å². The number of nitrogens with zero attached hydrogens (tertiary/aromatic N) is 1. The number of likely N-dealkylation sites (tertiary alicyclic amines) is 1. The van der Waals surface area contributed by atoms with E-state index in [1.165, 1.54) is 12.5 Å². The van der Waals surface area contributed by atoms with Gasteiger partial charge in [0.2, 0.25) is 5.91 Å². The van der Waals surface area contributed by atoms with Gasteiger partial charge in [0, 0.05) is 6.08 Å². The second-order valence-electron chi connectivity index (χ2n) is 5.65. The van der Waals surface area contributed by atoms with Crippen LogP contribution >= 0.6 is 0 Å². The Labute approximate surface area is 112 Å². The SMILES string of the molecule is C#CC1CC2(CCCCC2)C(=O)N1C1=CC(=O)OC1. The molecule has 1 aliphatic carbocycles. The minimum absolute atomic E-state index is 0.0969. The zero-order chi connectivity index (χ0) is 13.5. The van der Waals surface area contributed by atoms with Gasteiger partial charge in [0.25, 0.3) is 0 Å². The van der Waals surface area contributed by atoms with E-state index in [0.717, 1.165) is 25.7 Å². The number of hydrogen-bond donors (Lipinski definition) is 0. The molecular weight excluding hydrogens is 242 g/mol. The molecule has 19 heavy (non-hydrogen) atoms. The average molecular weight is 259 g/mol. The highest BCUT2D eigenvalue weighted by molar-refractivity contribution is 5.91. The Morgan fingerprint density at radius 3 is 2.63 bits per heavy atom. The van der Waals surface area contributed by atoms with E-state index in [1.54, 1.807) is 4.90 Å². The Hall–Kier alpha value is -1.76. The first-order valence-corrected chi connectivity index (χ1v) is 6.83. The minimum atomic E-state index is -0.386. The maximum Gasteiger partial charge on any atom is 0.333 e. The number of cyclic esters (lactones) is 1. The van der Waals surface area contributed by atoms with Gasteiger partial charge in [-0.1, -0.05) is 25.2 Å². The van der Waals surface area contributed by atoms with Crippen LogP contribution in [-0.2, 0) is 14.3 Å². The van der Waals surface area contributed by atoms with Crippen LogP contribution in [0.15, 0.2) is 11.8 Å². The highest BCUT2D eigenvalue weighted by Crippen LogP contribution is 2.48. The molecule has 0 radical (unpaired) electrons. The van der Waals surface area contributed by atoms with Crippen LogP contribution in [0.3, 0.4) is 0 Å². The molecule has 3 rings (SSSR count). The van der Waals surface area contributed by atoms with Gasteiger partial charge in [0.05, 0.1) is 17.2 Å². The summed E-state index contributed by atoms with van der Waals surface area (Å²) in [5.74, 6) is 2.42. The largest absolute Gasteiger partial charge is 0.456 e. The summed E-state index contributed by atoms with van der Waals surface area (Å²) < 4.78 is 4.90. The lowest BCUT2D eigenvalue weighted by molar-refractivity contribution is -0.138. The van der Waals surface area contributed by atoms with Gasteiger partial charge in [-0.15, -0.1) is 6.42 Å². The molecule has 4 nitrogen and oxygen atoms in total. The van der Waals surface area contributed by atoms with E-state index in [1.807, 2.05) is 0 Å². The number of rotatable bonds is 1. The first-order chi connectivity index (χ1) is 9.16. The number of esters is 1. The van der Waals surface area contributed by atoms with Crippen LogP contribution in [0.4, 0.5) is 0 Å². The van der Waals surface area contributed by atoms with Crippen molar-refractivity contribution in [2.45, 2.75) is 44.6 Å². The fourth-order valence-corrected chi connectivity index (χ4v) is 3.56. The summed E-state index contributed by atoms with van der Waals surface area (Å²) in [5, 5.41) is 0. The van der Waals surface area contributed by atoms with Crippen molar-refractivity contribution in [1.29, 1.82) is 0 Å². The van der Waals surface area contributed by atoms with Gasteiger partial charge >= 0.3 is 5.97 Å². The minimum Gasteiger partial charge on any atom is -0.456 e. The Bertz CT molecular complexity index is 494. The molecular formula is C15H17NO3. The predicted octanol–water partition coefficient (Wildman–Crippen LogP) is 1.61. The van der Waals surface area contributed by atoms with Crippen molar-refractivity contribution < 1.29 is 14.3 Å². The van der Waals surface area contributed by atoms with Crippen LogP contribution in [-0.4, -0.2) is 29.4 Å². The van der Waals surface area contributed by atoms with Crippen molar-refractivity contribution in [3.05, 3.63) is 11.8 Å². The normalized spacial score (nSPS) is 29.3. The van der Waals surface area contributed by atoms with Crippen LogP contribution in [0.1, 0.15) is 38.5 Å². The molecule has 1 amide bonds. The lowest BCUT2D eigenvalue weighted by Crippen LogP contribution is -2.37. The first-order valence-electron chi connectivity index (χ1n) is 6.83. The van der Waals surface area contributed by atoms with Gasteiger partial charge in [-0.05, 0) is 19.3 Å². The molecule has 0 aromatic heterocycles. The summed E-state index contributed by atoms with van der Waals surface area (Å²) in [4.78, 5) is 25.6. The summed E-state index contributed by atoms with van der Waals surface area (Å²) in [7, 11) is 0. The van der Waals surface area contributed by atoms with Gasteiger partial charge in [0.15, 0.2) is 0 Å². The molecule has 2 fully saturated rings. The maximum atomic E-state index is 12.8. The van der Waals surface area contributed by atoms with Crippen molar-refractivity contribution in [3.63, 3.8) is 0 Å². The zero-order valence-electron chi connectivity index (χ0n) is 10.9. The fourth-order valence-electron chi connectivity index (χ4n) is 3.56. The topological polar surface area (TPSA) is 46.6 Å². The third-order valence-electron chi connectivity index (χ3n) is 4.53. The standard InChI is InChI=1S/C15H17NO3/c1-2-11-9-15(6-4-3-5-7-15)14(18)16(11)12-8-13(17)19-10-12/h1,8,11H,3-7,9-10H2. The molecule has 100 valence electrons. The molecule has 1 spiro atoms. The second-order valence-corrected chi connectivity index (χ2v) is 5.65. The molecule has 2 heterocycles. The van der Waals surface area contributed by atoms with Crippen LogP contribution < -0.4 is 0 Å². The Balaban J connectivity index is 1.91. The summed E-state index contributed by atoms with van der Waals surface area (Å²) in [5.41, 5.74) is 0.335. The summed E-state index contributed by atoms with van der Waals surface area (Å²) in [6, 6.07) is -0.230. The molecule has 0 aromatic carbocycles. The van der Waals surface area contributed by atoms with Crippen LogP contribution in [0, 0.1) is 17.8 Å². The van der Waals surface area contributed by atoms with E-state index < -0.39 is 0 Å². The van der Waals surface area contributed by atoms with Crippen LogP contribution in [0.5, 0.6) is 0 Å². The Morgan fingerprint density at radius 2 is 2.05 bits per heavy atom. The molecule has 3 aliphatic rings. The van der Waals surface area contributed by atoms with Crippen molar-refractivity contribution in [2.75, 3.05) is 6.61 Å². The van der Waals surface area contributed by atoms with Gasteiger partial charge in [-0.3, -0.25) is 9.69 Å². The smallest absolute Gasteiger partial charge is 0.333 e. The second kappa shape index (κ2) is 4.41. The van der Waals surface area contributed by atoms with Gasteiger partial charge in [-0.25, -0.2) is 4.79 Å². The summed E-state index contributed by atoms with van der Waals surface area (Å²) >= 11 is 0. The fraction of sp³-hybridized carbons (Fsp3) is 0.600. The molecule has 0 aromatic rings. The molecule has 0 N–H and O–H groups in total. The lowest BCUT2D eigenvalue weighted by Gasteiger charge is -2.31. The van der Waals surface area contributed by atoms with Crippen molar-refractivity contribution >= 4 is 11.9 Å². The monoisotopic (exact) mass is 259 g/mol. The molecule has 4 heteroatoms. The number of ether oxygens (including phenoxy) is 1. The van der Waals surface area contributed by atoms with Crippen LogP contribution in [0.25, 0.3) is 0 Å². The number of terminal acetylenes is 1. The third kappa shape index (κ3) is 1.85. The van der Waals surface area contributed by atoms with E-state index in [0.29, 0.717) is 12.1 Å². The highest BCUT2D eigenvalue weighted by atomic mass is 16.5. The van der Waals surface area contributed by atoms with Gasteiger partial charge in [-0.2, -0.15) is 0 Å². The molecule has 1 saturated carbocycles. The maximum absolute atomic E-state index is 12.8. The quantitative estimate of drug-likeness (QED) is 0.531. The van der Waals surface area contributed by atoms with Crippen molar-refractivity contribution in [1.82, 2.24) is 4.90 Å². The number of hydrogen-bond acceptors (Lipinski definition) is 3. The van der Waals surface area contributed by atoms with E-state index >= 15 is 0 Å². The van der Waals surface area contributed by atoms with Crippen LogP contribution in [0.2, 0.25) is 0 Å². The predicted molar refractivity (Wildman–Crippen MR) is 68.6 cm³/mol. The van der Waals surface area contributed by atoms with Gasteiger partial charge in [0.1, 0.15) is 6.61 Å². The number of carbonyl (C=O) groups excluding carboxylic acids is 2. The van der Waals surface area contributed by atoms with Gasteiger partial charge < -0.3 is 4.74 Å². The van der Waals surface area contributed by atoms with E-state index in [-0.39, 0.29) is 29.9 Å². The highest BCUT2D eigenvalue weighted by Gasteiger charge is 2.52. The Kier molecular flexibility index (Phi) is 2.85. The molecule has 1 saturated heterocycles.